The third kappa shape index (κ3) is 4.56. The van der Waals surface area contributed by atoms with Crippen molar-refractivity contribution in [1.82, 2.24) is 5.01 Å². The fraction of sp³-hybridized carbons (Fsp3) is 0.174. The number of fused-ring (bicyclic) bond motifs is 1. The van der Waals surface area contributed by atoms with Crippen LogP contribution in [0.2, 0.25) is 0 Å². The lowest BCUT2D eigenvalue weighted by atomic mass is 10.1. The van der Waals surface area contributed by atoms with E-state index in [1.54, 1.807) is 12.1 Å². The molecule has 2 aromatic carbocycles. The molecule has 33 heavy (non-hydrogen) atoms. The highest BCUT2D eigenvalue weighted by atomic mass is 32.2. The molecule has 10 heteroatoms. The molecule has 1 amide bonds. The molecule has 2 aliphatic rings. The predicted octanol–water partition coefficient (Wildman–Crippen LogP) is 4.33. The standard InChI is InChI=1S/C23H19FN4O4S/c1-12(2)21-27-28-19(25)16(20(29)26-23(28)33-21)10-13-4-9-17(18(11-13)31-3)32-22(30)14-5-7-15(24)8-6-14/h4-12,25H,1-3H3/b16-10-,25-19?. The minimum Gasteiger partial charge on any atom is -0.493 e. The SMILES string of the molecule is COc1cc(/C=C2/C(=N)N3N=C(C(C)C)SC3=NC2=O)ccc1OC(=O)c1ccc(F)cc1. The number of amidine groups is 2. The first-order chi connectivity index (χ1) is 15.8. The number of carbonyl (C=O) groups is 2. The van der Waals surface area contributed by atoms with Gasteiger partial charge in [0.25, 0.3) is 5.91 Å². The maximum Gasteiger partial charge on any atom is 0.343 e. The summed E-state index contributed by atoms with van der Waals surface area (Å²) in [4.78, 5) is 29.0. The smallest absolute Gasteiger partial charge is 0.343 e. The monoisotopic (exact) mass is 466 g/mol. The first-order valence-corrected chi connectivity index (χ1v) is 10.7. The average molecular weight is 466 g/mol. The number of hydrogen-bond donors (Lipinski definition) is 1. The van der Waals surface area contributed by atoms with Gasteiger partial charge in [-0.15, -0.1) is 0 Å². The molecule has 8 nitrogen and oxygen atoms in total. The van der Waals surface area contributed by atoms with E-state index in [0.717, 1.165) is 5.04 Å². The second-order valence-corrected chi connectivity index (χ2v) is 8.41. The van der Waals surface area contributed by atoms with Crippen molar-refractivity contribution in [2.75, 3.05) is 7.11 Å². The molecule has 0 bridgehead atoms. The molecule has 0 aromatic heterocycles. The summed E-state index contributed by atoms with van der Waals surface area (Å²) < 4.78 is 23.8. The molecule has 4 rings (SSSR count). The second kappa shape index (κ2) is 8.99. The lowest BCUT2D eigenvalue weighted by Gasteiger charge is -2.20. The third-order valence-electron chi connectivity index (χ3n) is 4.75. The molecule has 0 radical (unpaired) electrons. The number of rotatable bonds is 5. The number of esters is 1. The Hall–Kier alpha value is -3.79. The van der Waals surface area contributed by atoms with E-state index in [1.807, 2.05) is 13.8 Å². The molecule has 0 saturated heterocycles. The molecule has 0 saturated carbocycles. The summed E-state index contributed by atoms with van der Waals surface area (Å²) in [7, 11) is 1.41. The van der Waals surface area contributed by atoms with Crippen molar-refractivity contribution in [2.45, 2.75) is 13.8 Å². The number of nitrogens with one attached hydrogen (secondary N) is 1. The van der Waals surface area contributed by atoms with E-state index in [0.29, 0.717) is 10.7 Å². The number of ether oxygens (including phenoxy) is 2. The van der Waals surface area contributed by atoms with Crippen LogP contribution in [0.15, 0.2) is 58.1 Å². The second-order valence-electron chi connectivity index (χ2n) is 7.42. The number of thioether (sulfide) groups is 1. The molecule has 0 unspecified atom stereocenters. The van der Waals surface area contributed by atoms with Crippen LogP contribution in [0.25, 0.3) is 6.08 Å². The van der Waals surface area contributed by atoms with Crippen molar-refractivity contribution in [3.63, 3.8) is 0 Å². The first kappa shape index (κ1) is 22.4. The zero-order valence-electron chi connectivity index (χ0n) is 18.0. The van der Waals surface area contributed by atoms with E-state index in [9.17, 15) is 14.0 Å². The van der Waals surface area contributed by atoms with Crippen LogP contribution in [0.5, 0.6) is 11.5 Å². The Bertz CT molecular complexity index is 1250. The van der Waals surface area contributed by atoms with Crippen LogP contribution < -0.4 is 9.47 Å². The number of hydrogen-bond acceptors (Lipinski definition) is 7. The van der Waals surface area contributed by atoms with E-state index in [-0.39, 0.29) is 34.4 Å². The van der Waals surface area contributed by atoms with Gasteiger partial charge in [-0.05, 0) is 59.8 Å². The molecule has 0 spiro atoms. The molecule has 0 aliphatic carbocycles. The fourth-order valence-electron chi connectivity index (χ4n) is 3.01. The molecular formula is C23H19FN4O4S. The summed E-state index contributed by atoms with van der Waals surface area (Å²) in [5, 5.41) is 15.3. The highest BCUT2D eigenvalue weighted by Crippen LogP contribution is 2.33. The zero-order valence-corrected chi connectivity index (χ0v) is 18.8. The summed E-state index contributed by atoms with van der Waals surface area (Å²) in [5.74, 6) is -1.19. The molecule has 2 aromatic rings. The van der Waals surface area contributed by atoms with Gasteiger partial charge < -0.3 is 9.47 Å². The van der Waals surface area contributed by atoms with Crippen molar-refractivity contribution in [3.05, 3.63) is 65.0 Å². The Morgan fingerprint density at radius 1 is 1.18 bits per heavy atom. The number of nitrogens with zero attached hydrogens (tertiary/aromatic N) is 3. The van der Waals surface area contributed by atoms with Crippen molar-refractivity contribution in [3.8, 4) is 11.5 Å². The van der Waals surface area contributed by atoms with Gasteiger partial charge in [-0.2, -0.15) is 15.1 Å². The van der Waals surface area contributed by atoms with Gasteiger partial charge in [0.1, 0.15) is 10.9 Å². The number of benzene rings is 2. The summed E-state index contributed by atoms with van der Waals surface area (Å²) in [6.07, 6.45) is 1.51. The Morgan fingerprint density at radius 3 is 2.58 bits per heavy atom. The summed E-state index contributed by atoms with van der Waals surface area (Å²) in [6.45, 7) is 3.95. The number of aliphatic imine (C=N–C) groups is 1. The minimum atomic E-state index is -0.671. The van der Waals surface area contributed by atoms with Crippen molar-refractivity contribution >= 4 is 45.8 Å². The van der Waals surface area contributed by atoms with Gasteiger partial charge in [0.2, 0.25) is 5.17 Å². The Morgan fingerprint density at radius 2 is 1.91 bits per heavy atom. The molecule has 2 heterocycles. The lowest BCUT2D eigenvalue weighted by molar-refractivity contribution is -0.114. The summed E-state index contributed by atoms with van der Waals surface area (Å²) in [5.41, 5.74) is 0.802. The molecule has 0 atom stereocenters. The normalized spacial score (nSPS) is 16.6. The van der Waals surface area contributed by atoms with Crippen molar-refractivity contribution in [1.29, 1.82) is 5.41 Å². The minimum absolute atomic E-state index is 0.0704. The molecular weight excluding hydrogens is 447 g/mol. The van der Waals surface area contributed by atoms with Crippen LogP contribution in [0, 0.1) is 17.1 Å². The predicted molar refractivity (Wildman–Crippen MR) is 124 cm³/mol. The number of methoxy groups -OCH3 is 1. The summed E-state index contributed by atoms with van der Waals surface area (Å²) in [6, 6.07) is 9.68. The number of hydrazone groups is 1. The fourth-order valence-corrected chi connectivity index (χ4v) is 3.90. The highest BCUT2D eigenvalue weighted by molar-refractivity contribution is 8.27. The van der Waals surface area contributed by atoms with Crippen LogP contribution >= 0.6 is 11.8 Å². The number of amides is 1. The molecule has 0 fully saturated rings. The number of carbonyl (C=O) groups excluding carboxylic acids is 2. The third-order valence-corrected chi connectivity index (χ3v) is 5.95. The highest BCUT2D eigenvalue weighted by Gasteiger charge is 2.36. The lowest BCUT2D eigenvalue weighted by Crippen LogP contribution is -2.35. The average Bonchev–Trinajstić information content (AvgIpc) is 3.22. The van der Waals surface area contributed by atoms with Crippen molar-refractivity contribution in [2.24, 2.45) is 16.0 Å². The van der Waals surface area contributed by atoms with Gasteiger partial charge in [0, 0.05) is 5.92 Å². The largest absolute Gasteiger partial charge is 0.493 e. The van der Waals surface area contributed by atoms with Gasteiger partial charge in [-0.1, -0.05) is 19.9 Å². The van der Waals surface area contributed by atoms with E-state index in [4.69, 9.17) is 14.9 Å². The topological polar surface area (TPSA) is 104 Å². The zero-order chi connectivity index (χ0) is 23.7. The van der Waals surface area contributed by atoms with Crippen LogP contribution in [0.1, 0.15) is 29.8 Å². The Labute approximate surface area is 193 Å². The van der Waals surface area contributed by atoms with E-state index < -0.39 is 17.7 Å². The number of halogens is 1. The molecule has 168 valence electrons. The Kier molecular flexibility index (Phi) is 6.10. The van der Waals surface area contributed by atoms with Gasteiger partial charge >= 0.3 is 5.97 Å². The van der Waals surface area contributed by atoms with E-state index in [1.165, 1.54) is 60.3 Å². The maximum absolute atomic E-state index is 13.1. The van der Waals surface area contributed by atoms with Crippen LogP contribution in [0.3, 0.4) is 0 Å². The van der Waals surface area contributed by atoms with Crippen molar-refractivity contribution < 1.29 is 23.5 Å². The molecule has 2 aliphatic heterocycles. The van der Waals surface area contributed by atoms with Gasteiger partial charge in [0.05, 0.1) is 18.2 Å². The van der Waals surface area contributed by atoms with Gasteiger partial charge in [-0.25, -0.2) is 9.18 Å². The van der Waals surface area contributed by atoms with E-state index in [2.05, 4.69) is 10.1 Å². The van der Waals surface area contributed by atoms with Gasteiger partial charge in [0.15, 0.2) is 17.3 Å². The van der Waals surface area contributed by atoms with Crippen LogP contribution in [-0.4, -0.2) is 40.0 Å². The van der Waals surface area contributed by atoms with Crippen LogP contribution in [-0.2, 0) is 4.79 Å². The van der Waals surface area contributed by atoms with E-state index >= 15 is 0 Å². The maximum atomic E-state index is 13.1. The van der Waals surface area contributed by atoms with Gasteiger partial charge in [-0.3, -0.25) is 10.2 Å². The summed E-state index contributed by atoms with van der Waals surface area (Å²) >= 11 is 1.28. The quantitative estimate of drug-likeness (QED) is 0.400. The van der Waals surface area contributed by atoms with Crippen LogP contribution in [0.4, 0.5) is 4.39 Å². The first-order valence-electron chi connectivity index (χ1n) is 9.92. The Balaban J connectivity index is 1.59. The molecule has 1 N–H and O–H groups in total.